The first kappa shape index (κ1) is 30.9. The van der Waals surface area contributed by atoms with Crippen molar-refractivity contribution in [1.82, 2.24) is 15.5 Å². The van der Waals surface area contributed by atoms with Gasteiger partial charge in [-0.05, 0) is 66.9 Å². The summed E-state index contributed by atoms with van der Waals surface area (Å²) in [6, 6.07) is 16.6. The topological polar surface area (TPSA) is 108 Å². The molecule has 10 nitrogen and oxygen atoms in total. The SMILES string of the molecule is COc1cc2ccc1CNC(=O)CCc1ccc(OC)c(c1)OCC(=O)N[C@@H]1CN(CCOc3ccc(F)cc3)CC[C@@H]1O2. The highest BCUT2D eigenvalue weighted by molar-refractivity contribution is 5.78. The predicted molar refractivity (Wildman–Crippen MR) is 161 cm³/mol. The fourth-order valence-electron chi connectivity index (χ4n) is 5.34. The number of fused-ring (bicyclic) bond motifs is 9. The van der Waals surface area contributed by atoms with E-state index in [1.807, 2.05) is 18.2 Å². The van der Waals surface area contributed by atoms with Gasteiger partial charge >= 0.3 is 0 Å². The van der Waals surface area contributed by atoms with Crippen LogP contribution in [0.4, 0.5) is 4.39 Å². The molecule has 3 aromatic carbocycles. The van der Waals surface area contributed by atoms with Crippen LogP contribution < -0.4 is 34.3 Å². The van der Waals surface area contributed by atoms with Crippen LogP contribution in [0, 0.1) is 5.82 Å². The van der Waals surface area contributed by atoms with Gasteiger partial charge in [-0.1, -0.05) is 6.07 Å². The van der Waals surface area contributed by atoms with Crippen molar-refractivity contribution in [3.05, 3.63) is 77.6 Å². The van der Waals surface area contributed by atoms with Crippen LogP contribution in [0.3, 0.4) is 0 Å². The van der Waals surface area contributed by atoms with E-state index in [0.29, 0.717) is 67.8 Å². The molecule has 6 rings (SSSR count). The van der Waals surface area contributed by atoms with Crippen molar-refractivity contribution in [1.29, 1.82) is 0 Å². The first-order chi connectivity index (χ1) is 21.4. The average molecular weight is 608 g/mol. The van der Waals surface area contributed by atoms with Gasteiger partial charge < -0.3 is 34.3 Å². The molecular formula is C33H38FN3O7. The lowest BCUT2D eigenvalue weighted by Gasteiger charge is -2.38. The molecule has 0 aromatic heterocycles. The van der Waals surface area contributed by atoms with Gasteiger partial charge in [-0.25, -0.2) is 4.39 Å². The number of nitrogens with one attached hydrogen (secondary N) is 2. The van der Waals surface area contributed by atoms with Crippen molar-refractivity contribution >= 4 is 11.8 Å². The molecule has 2 atom stereocenters. The second-order valence-corrected chi connectivity index (χ2v) is 10.7. The molecule has 0 saturated carbocycles. The minimum Gasteiger partial charge on any atom is -0.496 e. The van der Waals surface area contributed by atoms with Gasteiger partial charge in [0.1, 0.15) is 35.8 Å². The summed E-state index contributed by atoms with van der Waals surface area (Å²) in [5.74, 6) is 2.01. The summed E-state index contributed by atoms with van der Waals surface area (Å²) in [6.45, 7) is 2.38. The number of ether oxygens (including phenoxy) is 5. The Hall–Kier alpha value is -4.51. The van der Waals surface area contributed by atoms with Crippen molar-refractivity contribution < 1.29 is 37.7 Å². The van der Waals surface area contributed by atoms with Crippen molar-refractivity contribution in [2.75, 3.05) is 47.1 Å². The van der Waals surface area contributed by atoms with E-state index in [1.165, 1.54) is 19.2 Å². The molecule has 1 fully saturated rings. The Kier molecular flexibility index (Phi) is 10.4. The summed E-state index contributed by atoms with van der Waals surface area (Å²) in [5.41, 5.74) is 1.71. The fourth-order valence-corrected chi connectivity index (χ4v) is 5.34. The maximum Gasteiger partial charge on any atom is 0.258 e. The number of aryl methyl sites for hydroxylation is 1. The molecule has 11 heteroatoms. The number of hydrogen-bond donors (Lipinski definition) is 2. The maximum atomic E-state index is 13.2. The number of carbonyl (C=O) groups is 2. The molecule has 44 heavy (non-hydrogen) atoms. The second-order valence-electron chi connectivity index (χ2n) is 10.7. The van der Waals surface area contributed by atoms with Crippen LogP contribution >= 0.6 is 0 Å². The van der Waals surface area contributed by atoms with Gasteiger partial charge in [-0.15, -0.1) is 0 Å². The van der Waals surface area contributed by atoms with Crippen molar-refractivity contribution in [2.45, 2.75) is 38.0 Å². The second kappa shape index (κ2) is 14.8. The van der Waals surface area contributed by atoms with E-state index >= 15 is 0 Å². The molecular weight excluding hydrogens is 569 g/mol. The first-order valence-corrected chi connectivity index (χ1v) is 14.7. The molecule has 2 amide bonds. The van der Waals surface area contributed by atoms with E-state index in [-0.39, 0.29) is 42.8 Å². The summed E-state index contributed by atoms with van der Waals surface area (Å²) < 4.78 is 42.4. The fraction of sp³-hybridized carbons (Fsp3) is 0.394. The van der Waals surface area contributed by atoms with E-state index in [2.05, 4.69) is 15.5 Å². The largest absolute Gasteiger partial charge is 0.496 e. The molecule has 234 valence electrons. The summed E-state index contributed by atoms with van der Waals surface area (Å²) >= 11 is 0. The van der Waals surface area contributed by atoms with Crippen molar-refractivity contribution in [3.63, 3.8) is 0 Å². The number of nitrogens with zero attached hydrogens (tertiary/aromatic N) is 1. The molecule has 3 aliphatic rings. The normalized spacial score (nSPS) is 19.5. The molecule has 4 bridgehead atoms. The molecule has 0 aliphatic carbocycles. The summed E-state index contributed by atoms with van der Waals surface area (Å²) in [5, 5.41) is 6.07. The Morgan fingerprint density at radius 3 is 2.57 bits per heavy atom. The molecule has 0 spiro atoms. The average Bonchev–Trinajstić information content (AvgIpc) is 3.03. The number of rotatable bonds is 6. The zero-order valence-electron chi connectivity index (χ0n) is 25.0. The van der Waals surface area contributed by atoms with Gasteiger partial charge in [-0.3, -0.25) is 14.5 Å². The van der Waals surface area contributed by atoms with Gasteiger partial charge in [0.05, 0.1) is 20.3 Å². The Bertz CT molecular complexity index is 1440. The van der Waals surface area contributed by atoms with Gasteiger partial charge in [0.25, 0.3) is 5.91 Å². The minimum atomic E-state index is -0.342. The number of benzene rings is 3. The van der Waals surface area contributed by atoms with E-state index in [1.54, 1.807) is 37.4 Å². The number of methoxy groups -OCH3 is 2. The first-order valence-electron chi connectivity index (χ1n) is 14.7. The molecule has 0 unspecified atom stereocenters. The Labute approximate surface area is 256 Å². The Morgan fingerprint density at radius 2 is 1.77 bits per heavy atom. The summed E-state index contributed by atoms with van der Waals surface area (Å²) in [7, 11) is 3.12. The number of likely N-dealkylation sites (tertiary alicyclic amines) is 1. The van der Waals surface area contributed by atoms with Crippen LogP contribution in [-0.4, -0.2) is 75.9 Å². The third-order valence-electron chi connectivity index (χ3n) is 7.72. The highest BCUT2D eigenvalue weighted by atomic mass is 19.1. The lowest BCUT2D eigenvalue weighted by Crippen LogP contribution is -2.58. The van der Waals surface area contributed by atoms with Crippen LogP contribution in [0.1, 0.15) is 24.0 Å². The van der Waals surface area contributed by atoms with Crippen LogP contribution in [0.25, 0.3) is 0 Å². The summed E-state index contributed by atoms with van der Waals surface area (Å²) in [4.78, 5) is 28.0. The predicted octanol–water partition coefficient (Wildman–Crippen LogP) is 3.50. The molecule has 3 aliphatic heterocycles. The number of carbonyl (C=O) groups excluding carboxylic acids is 2. The molecule has 1 saturated heterocycles. The van der Waals surface area contributed by atoms with Gasteiger partial charge in [0.15, 0.2) is 18.1 Å². The maximum absolute atomic E-state index is 13.2. The van der Waals surface area contributed by atoms with Gasteiger partial charge in [0.2, 0.25) is 5.91 Å². The monoisotopic (exact) mass is 607 g/mol. The van der Waals surface area contributed by atoms with Crippen LogP contribution in [-0.2, 0) is 22.6 Å². The lowest BCUT2D eigenvalue weighted by atomic mass is 10.0. The number of halogens is 1. The van der Waals surface area contributed by atoms with E-state index < -0.39 is 0 Å². The smallest absolute Gasteiger partial charge is 0.258 e. The number of piperidine rings is 1. The van der Waals surface area contributed by atoms with E-state index in [4.69, 9.17) is 23.7 Å². The van der Waals surface area contributed by atoms with Gasteiger partial charge in [-0.2, -0.15) is 0 Å². The third kappa shape index (κ3) is 8.31. The zero-order valence-corrected chi connectivity index (χ0v) is 25.0. The van der Waals surface area contributed by atoms with Gasteiger partial charge in [0, 0.05) is 44.2 Å². The third-order valence-corrected chi connectivity index (χ3v) is 7.72. The van der Waals surface area contributed by atoms with Crippen molar-refractivity contribution in [3.8, 4) is 28.7 Å². The number of amides is 2. The molecule has 3 aromatic rings. The molecule has 2 N–H and O–H groups in total. The molecule has 3 heterocycles. The minimum absolute atomic E-state index is 0.0966. The zero-order chi connectivity index (χ0) is 30.9. The molecule has 0 radical (unpaired) electrons. The lowest BCUT2D eigenvalue weighted by molar-refractivity contribution is -0.125. The quantitative estimate of drug-likeness (QED) is 0.439. The Balaban J connectivity index is 1.33. The highest BCUT2D eigenvalue weighted by Crippen LogP contribution is 2.30. The van der Waals surface area contributed by atoms with Crippen LogP contribution in [0.5, 0.6) is 28.7 Å². The summed E-state index contributed by atoms with van der Waals surface area (Å²) in [6.07, 6.45) is 1.11. The number of hydrogen-bond acceptors (Lipinski definition) is 8. The Morgan fingerprint density at radius 1 is 0.955 bits per heavy atom. The highest BCUT2D eigenvalue weighted by Gasteiger charge is 2.32. The van der Waals surface area contributed by atoms with Crippen LogP contribution in [0.15, 0.2) is 60.7 Å². The van der Waals surface area contributed by atoms with Crippen LogP contribution in [0.2, 0.25) is 0 Å². The van der Waals surface area contributed by atoms with E-state index in [9.17, 15) is 14.0 Å². The standard InChI is InChI=1S/C33H38FN3O7/c1-40-29-11-3-22-4-12-32(38)35-19-23-5-8-26(18-30(23)41-2)44-28-13-14-37(15-16-42-25-9-6-24(34)7-10-25)20-27(28)36-33(39)21-43-31(29)17-22/h3,5-11,17-18,27-28H,4,12-16,19-21H2,1-2H3,(H,35,38)(H,36,39)/t27-,28+/m1/s1. The van der Waals surface area contributed by atoms with Crippen molar-refractivity contribution in [2.24, 2.45) is 0 Å². The van der Waals surface area contributed by atoms with E-state index in [0.717, 1.165) is 17.7 Å².